The van der Waals surface area contributed by atoms with E-state index in [-0.39, 0.29) is 5.91 Å². The van der Waals surface area contributed by atoms with Crippen molar-refractivity contribution in [1.82, 2.24) is 20.0 Å². The summed E-state index contributed by atoms with van der Waals surface area (Å²) in [5, 5.41) is 16.3. The number of piperidine rings is 1. The molecule has 31 heavy (non-hydrogen) atoms. The Labute approximate surface area is 186 Å². The number of amides is 1. The van der Waals surface area contributed by atoms with Crippen LogP contribution >= 0.6 is 0 Å². The number of carbonyl (C=O) groups is 1. The van der Waals surface area contributed by atoms with E-state index >= 15 is 0 Å². The standard InChI is InChI=1S/C25H35N5O/c1-19-7-4-5-15-29(19)18-23-10-8-22(9-11-23)17-27-25(31)13-12-24-20(2)28-30(21(24)3)16-6-14-26/h8-11,19H,4-7,12-13,15-18H2,1-3H3,(H,27,31). The molecule has 1 saturated heterocycles. The largest absolute Gasteiger partial charge is 0.352 e. The quantitative estimate of drug-likeness (QED) is 0.663. The monoisotopic (exact) mass is 421 g/mol. The van der Waals surface area contributed by atoms with Gasteiger partial charge in [-0.3, -0.25) is 14.4 Å². The molecule has 0 spiro atoms. The molecule has 0 aliphatic carbocycles. The molecule has 0 radical (unpaired) electrons. The van der Waals surface area contributed by atoms with E-state index in [1.54, 1.807) is 0 Å². The highest BCUT2D eigenvalue weighted by atomic mass is 16.1. The molecule has 0 saturated carbocycles. The zero-order valence-corrected chi connectivity index (χ0v) is 19.2. The Hall–Kier alpha value is -2.65. The molecular weight excluding hydrogens is 386 g/mol. The van der Waals surface area contributed by atoms with Crippen LogP contribution in [-0.4, -0.2) is 33.2 Å². The Morgan fingerprint density at radius 1 is 1.23 bits per heavy atom. The second kappa shape index (κ2) is 11.1. The Balaban J connectivity index is 1.44. The molecule has 1 fully saturated rings. The number of benzene rings is 1. The summed E-state index contributed by atoms with van der Waals surface area (Å²) in [6.07, 6.45) is 5.49. The molecule has 1 aromatic heterocycles. The zero-order chi connectivity index (χ0) is 22.2. The van der Waals surface area contributed by atoms with Crippen LogP contribution in [0.3, 0.4) is 0 Å². The van der Waals surface area contributed by atoms with E-state index in [0.717, 1.165) is 29.1 Å². The minimum absolute atomic E-state index is 0.0507. The molecule has 2 heterocycles. The fraction of sp³-hybridized carbons (Fsp3) is 0.560. The summed E-state index contributed by atoms with van der Waals surface area (Å²) < 4.78 is 1.87. The third kappa shape index (κ3) is 6.41. The van der Waals surface area contributed by atoms with Crippen LogP contribution in [-0.2, 0) is 30.8 Å². The van der Waals surface area contributed by atoms with Crippen molar-refractivity contribution in [3.63, 3.8) is 0 Å². The number of carbonyl (C=O) groups excluding carboxylic acids is 1. The van der Waals surface area contributed by atoms with Gasteiger partial charge >= 0.3 is 0 Å². The van der Waals surface area contributed by atoms with Crippen LogP contribution in [0.2, 0.25) is 0 Å². The normalized spacial score (nSPS) is 16.8. The lowest BCUT2D eigenvalue weighted by molar-refractivity contribution is -0.121. The minimum Gasteiger partial charge on any atom is -0.352 e. The molecular formula is C25H35N5O. The number of aryl methyl sites for hydroxylation is 2. The van der Waals surface area contributed by atoms with Gasteiger partial charge in [-0.1, -0.05) is 30.7 Å². The lowest BCUT2D eigenvalue weighted by atomic mass is 10.0. The summed E-state index contributed by atoms with van der Waals surface area (Å²) in [4.78, 5) is 14.9. The molecule has 1 atom stereocenters. The molecule has 1 aliphatic rings. The molecule has 1 N–H and O–H groups in total. The predicted molar refractivity (Wildman–Crippen MR) is 122 cm³/mol. The van der Waals surface area contributed by atoms with Crippen molar-refractivity contribution >= 4 is 5.91 Å². The first-order valence-electron chi connectivity index (χ1n) is 11.5. The van der Waals surface area contributed by atoms with Crippen LogP contribution in [0.15, 0.2) is 24.3 Å². The van der Waals surface area contributed by atoms with Gasteiger partial charge < -0.3 is 5.32 Å². The van der Waals surface area contributed by atoms with Crippen LogP contribution < -0.4 is 5.32 Å². The second-order valence-corrected chi connectivity index (χ2v) is 8.69. The molecule has 6 nitrogen and oxygen atoms in total. The number of likely N-dealkylation sites (tertiary alicyclic amines) is 1. The van der Waals surface area contributed by atoms with Crippen LogP contribution in [0.5, 0.6) is 0 Å². The Morgan fingerprint density at radius 2 is 1.97 bits per heavy atom. The van der Waals surface area contributed by atoms with Crippen molar-refractivity contribution in [3.8, 4) is 6.07 Å². The smallest absolute Gasteiger partial charge is 0.220 e. The van der Waals surface area contributed by atoms with Crippen molar-refractivity contribution in [2.24, 2.45) is 0 Å². The van der Waals surface area contributed by atoms with Crippen molar-refractivity contribution in [1.29, 1.82) is 5.26 Å². The van der Waals surface area contributed by atoms with Crippen LogP contribution in [0.1, 0.15) is 67.1 Å². The van der Waals surface area contributed by atoms with Crippen molar-refractivity contribution in [2.75, 3.05) is 6.54 Å². The molecule has 6 heteroatoms. The van der Waals surface area contributed by atoms with Crippen LogP contribution in [0.4, 0.5) is 0 Å². The molecule has 3 rings (SSSR count). The molecule has 1 amide bonds. The number of aromatic nitrogens is 2. The molecule has 166 valence electrons. The van der Waals surface area contributed by atoms with Gasteiger partial charge in [0.1, 0.15) is 0 Å². The van der Waals surface area contributed by atoms with E-state index in [0.29, 0.717) is 38.4 Å². The fourth-order valence-electron chi connectivity index (χ4n) is 4.39. The van der Waals surface area contributed by atoms with E-state index < -0.39 is 0 Å². The first kappa shape index (κ1) is 23.0. The van der Waals surface area contributed by atoms with Gasteiger partial charge in [0.25, 0.3) is 0 Å². The first-order chi connectivity index (χ1) is 15.0. The topological polar surface area (TPSA) is 73.9 Å². The van der Waals surface area contributed by atoms with Gasteiger partial charge in [0, 0.05) is 31.2 Å². The number of rotatable bonds is 9. The zero-order valence-electron chi connectivity index (χ0n) is 19.2. The maximum atomic E-state index is 12.4. The fourth-order valence-corrected chi connectivity index (χ4v) is 4.39. The number of hydrogen-bond donors (Lipinski definition) is 1. The van der Waals surface area contributed by atoms with Gasteiger partial charge in [-0.15, -0.1) is 0 Å². The van der Waals surface area contributed by atoms with E-state index in [4.69, 9.17) is 5.26 Å². The summed E-state index contributed by atoms with van der Waals surface area (Å²) in [5.41, 5.74) is 5.58. The maximum absolute atomic E-state index is 12.4. The molecule has 1 aliphatic heterocycles. The minimum atomic E-state index is 0.0507. The highest BCUT2D eigenvalue weighted by molar-refractivity contribution is 5.76. The van der Waals surface area contributed by atoms with Gasteiger partial charge in [0.05, 0.1) is 24.7 Å². The Bertz CT molecular complexity index is 909. The number of nitrogens with one attached hydrogen (secondary N) is 1. The van der Waals surface area contributed by atoms with Crippen molar-refractivity contribution in [2.45, 2.75) is 85.0 Å². The van der Waals surface area contributed by atoms with E-state index in [2.05, 4.69) is 52.6 Å². The predicted octanol–water partition coefficient (Wildman–Crippen LogP) is 4.04. The van der Waals surface area contributed by atoms with Gasteiger partial charge in [-0.2, -0.15) is 10.4 Å². The summed E-state index contributed by atoms with van der Waals surface area (Å²) in [5.74, 6) is 0.0507. The van der Waals surface area contributed by atoms with Gasteiger partial charge in [0.2, 0.25) is 5.91 Å². The van der Waals surface area contributed by atoms with Crippen molar-refractivity contribution < 1.29 is 4.79 Å². The van der Waals surface area contributed by atoms with Gasteiger partial charge in [-0.05, 0) is 63.3 Å². The summed E-state index contributed by atoms with van der Waals surface area (Å²) >= 11 is 0. The Kier molecular flexibility index (Phi) is 8.25. The summed E-state index contributed by atoms with van der Waals surface area (Å²) in [6, 6.07) is 11.4. The summed E-state index contributed by atoms with van der Waals surface area (Å²) in [6.45, 7) is 9.65. The SMILES string of the molecule is Cc1nn(CCC#N)c(C)c1CCC(=O)NCc1ccc(CN2CCCCC2C)cc1. The van der Waals surface area contributed by atoms with Crippen LogP contribution in [0, 0.1) is 25.2 Å². The first-order valence-corrected chi connectivity index (χ1v) is 11.5. The van der Waals surface area contributed by atoms with Gasteiger partial charge in [0.15, 0.2) is 0 Å². The highest BCUT2D eigenvalue weighted by Gasteiger charge is 2.18. The third-order valence-corrected chi connectivity index (χ3v) is 6.41. The molecule has 1 unspecified atom stereocenters. The van der Waals surface area contributed by atoms with E-state index in [9.17, 15) is 4.79 Å². The lowest BCUT2D eigenvalue weighted by Crippen LogP contribution is -2.36. The number of nitrogens with zero attached hydrogens (tertiary/aromatic N) is 4. The van der Waals surface area contributed by atoms with E-state index in [1.165, 1.54) is 31.4 Å². The number of hydrogen-bond acceptors (Lipinski definition) is 4. The maximum Gasteiger partial charge on any atom is 0.220 e. The van der Waals surface area contributed by atoms with Crippen LogP contribution in [0.25, 0.3) is 0 Å². The average Bonchev–Trinajstić information content (AvgIpc) is 3.04. The van der Waals surface area contributed by atoms with Crippen molar-refractivity contribution in [3.05, 3.63) is 52.3 Å². The third-order valence-electron chi connectivity index (χ3n) is 6.41. The van der Waals surface area contributed by atoms with E-state index in [1.807, 2.05) is 18.5 Å². The number of nitriles is 1. The molecule has 0 bridgehead atoms. The Morgan fingerprint density at radius 3 is 2.68 bits per heavy atom. The summed E-state index contributed by atoms with van der Waals surface area (Å²) in [7, 11) is 0. The highest BCUT2D eigenvalue weighted by Crippen LogP contribution is 2.19. The molecule has 1 aromatic carbocycles. The second-order valence-electron chi connectivity index (χ2n) is 8.69. The molecule has 2 aromatic rings. The average molecular weight is 422 g/mol. The van der Waals surface area contributed by atoms with Gasteiger partial charge in [-0.25, -0.2) is 0 Å². The lowest BCUT2D eigenvalue weighted by Gasteiger charge is -2.33.